The topological polar surface area (TPSA) is 63.5 Å². The minimum Gasteiger partial charge on any atom is -0.489 e. The zero-order valence-corrected chi connectivity index (χ0v) is 16.8. The molecule has 1 atom stereocenters. The highest BCUT2D eigenvalue weighted by Gasteiger charge is 2.06. The van der Waals surface area contributed by atoms with E-state index in [0.29, 0.717) is 12.3 Å². The summed E-state index contributed by atoms with van der Waals surface area (Å²) in [6.45, 7) is 4.20. The molecule has 1 aromatic heterocycles. The molecule has 0 bridgehead atoms. The molecule has 1 aromatic carbocycles. The van der Waals surface area contributed by atoms with Gasteiger partial charge < -0.3 is 15.4 Å². The Morgan fingerprint density at radius 2 is 2.08 bits per heavy atom. The molecule has 0 radical (unpaired) electrons. The van der Waals surface area contributed by atoms with E-state index in [1.807, 2.05) is 23.9 Å². The first-order valence-corrected chi connectivity index (χ1v) is 8.01. The van der Waals surface area contributed by atoms with Gasteiger partial charge in [0.15, 0.2) is 5.96 Å². The van der Waals surface area contributed by atoms with Crippen molar-refractivity contribution in [2.75, 3.05) is 20.1 Å². The second kappa shape index (κ2) is 11.7. The van der Waals surface area contributed by atoms with Crippen molar-refractivity contribution in [2.24, 2.45) is 4.99 Å². The maximum Gasteiger partial charge on any atom is 0.191 e. The van der Waals surface area contributed by atoms with Crippen molar-refractivity contribution >= 4 is 29.9 Å². The Hall–Kier alpha value is -1.84. The fourth-order valence-electron chi connectivity index (χ4n) is 2.13. The first kappa shape index (κ1) is 21.2. The molecule has 8 heteroatoms. The van der Waals surface area contributed by atoms with Crippen LogP contribution in [-0.2, 0) is 6.54 Å². The third-order valence-electron chi connectivity index (χ3n) is 3.35. The van der Waals surface area contributed by atoms with Gasteiger partial charge in [0.25, 0.3) is 0 Å². The number of nitrogens with zero attached hydrogens (tertiary/aromatic N) is 3. The number of hydrogen-bond acceptors (Lipinski definition) is 3. The smallest absolute Gasteiger partial charge is 0.191 e. The Labute approximate surface area is 164 Å². The molecule has 25 heavy (non-hydrogen) atoms. The third-order valence-corrected chi connectivity index (χ3v) is 3.35. The van der Waals surface area contributed by atoms with Crippen LogP contribution in [-0.4, -0.2) is 42.0 Å². The number of rotatable bonds is 8. The SMILES string of the molecule is CN=C(NCCCn1cccn1)NCC(C)Oc1ccc(F)cc1.I. The molecule has 0 spiro atoms. The first-order chi connectivity index (χ1) is 11.7. The van der Waals surface area contributed by atoms with E-state index in [0.717, 1.165) is 25.5 Å². The van der Waals surface area contributed by atoms with Crippen molar-refractivity contribution in [2.45, 2.75) is 26.0 Å². The van der Waals surface area contributed by atoms with Gasteiger partial charge in [0.05, 0.1) is 6.54 Å². The van der Waals surface area contributed by atoms with Gasteiger partial charge in [-0.25, -0.2) is 4.39 Å². The van der Waals surface area contributed by atoms with Crippen LogP contribution in [0, 0.1) is 5.82 Å². The highest BCUT2D eigenvalue weighted by atomic mass is 127. The Morgan fingerprint density at radius 3 is 2.72 bits per heavy atom. The van der Waals surface area contributed by atoms with E-state index in [2.05, 4.69) is 20.7 Å². The molecule has 0 fully saturated rings. The molecule has 0 aliphatic carbocycles. The van der Waals surface area contributed by atoms with Crippen LogP contribution in [0.2, 0.25) is 0 Å². The van der Waals surface area contributed by atoms with E-state index >= 15 is 0 Å². The number of aliphatic imine (C=N–C) groups is 1. The average Bonchev–Trinajstić information content (AvgIpc) is 3.10. The molecule has 6 nitrogen and oxygen atoms in total. The minimum absolute atomic E-state index is 0. The monoisotopic (exact) mass is 461 g/mol. The summed E-state index contributed by atoms with van der Waals surface area (Å²) in [4.78, 5) is 4.18. The Balaban J connectivity index is 0.00000312. The second-order valence-corrected chi connectivity index (χ2v) is 5.38. The van der Waals surface area contributed by atoms with Gasteiger partial charge in [0, 0.05) is 32.5 Å². The van der Waals surface area contributed by atoms with Gasteiger partial charge in [0.2, 0.25) is 0 Å². The van der Waals surface area contributed by atoms with Gasteiger partial charge in [-0.1, -0.05) is 0 Å². The zero-order valence-electron chi connectivity index (χ0n) is 14.5. The molecule has 1 unspecified atom stereocenters. The molecule has 0 aliphatic rings. The summed E-state index contributed by atoms with van der Waals surface area (Å²) in [7, 11) is 1.73. The average molecular weight is 461 g/mol. The van der Waals surface area contributed by atoms with Crippen molar-refractivity contribution < 1.29 is 9.13 Å². The Bertz CT molecular complexity index is 618. The van der Waals surface area contributed by atoms with Crippen molar-refractivity contribution in [1.82, 2.24) is 20.4 Å². The molecule has 0 aliphatic heterocycles. The number of guanidine groups is 1. The highest BCUT2D eigenvalue weighted by molar-refractivity contribution is 14.0. The quantitative estimate of drug-likeness (QED) is 0.275. The maximum absolute atomic E-state index is 12.9. The van der Waals surface area contributed by atoms with Crippen LogP contribution in [0.4, 0.5) is 4.39 Å². The van der Waals surface area contributed by atoms with E-state index in [1.54, 1.807) is 25.4 Å². The van der Waals surface area contributed by atoms with Crippen LogP contribution in [0.1, 0.15) is 13.3 Å². The third kappa shape index (κ3) is 8.19. The summed E-state index contributed by atoms with van der Waals surface area (Å²) in [6, 6.07) is 7.92. The van der Waals surface area contributed by atoms with Crippen molar-refractivity contribution in [3.63, 3.8) is 0 Å². The van der Waals surface area contributed by atoms with Gasteiger partial charge in [-0.2, -0.15) is 5.10 Å². The number of ether oxygens (including phenoxy) is 1. The molecule has 0 saturated carbocycles. The van der Waals surface area contributed by atoms with E-state index in [4.69, 9.17) is 4.74 Å². The molecular formula is C17H25FIN5O. The van der Waals surface area contributed by atoms with Crippen LogP contribution < -0.4 is 15.4 Å². The molecule has 2 rings (SSSR count). The van der Waals surface area contributed by atoms with Gasteiger partial charge in [-0.3, -0.25) is 9.67 Å². The van der Waals surface area contributed by atoms with Gasteiger partial charge in [0.1, 0.15) is 17.7 Å². The molecular weight excluding hydrogens is 436 g/mol. The van der Waals surface area contributed by atoms with Crippen molar-refractivity contribution in [3.05, 3.63) is 48.5 Å². The number of aromatic nitrogens is 2. The standard InChI is InChI=1S/C17H24FN5O.HI/c1-14(24-16-7-5-15(18)6-8-16)13-21-17(19-2)20-9-3-11-23-12-4-10-22-23;/h4-8,10,12,14H,3,9,11,13H2,1-2H3,(H2,19,20,21);1H. The predicted octanol–water partition coefficient (Wildman–Crippen LogP) is 2.66. The summed E-state index contributed by atoms with van der Waals surface area (Å²) in [5.74, 6) is 1.10. The number of hydrogen-bond donors (Lipinski definition) is 2. The normalized spacial score (nSPS) is 12.2. The Morgan fingerprint density at radius 1 is 1.32 bits per heavy atom. The van der Waals surface area contributed by atoms with Crippen LogP contribution in [0.5, 0.6) is 5.75 Å². The lowest BCUT2D eigenvalue weighted by Crippen LogP contribution is -2.42. The molecule has 0 saturated heterocycles. The summed E-state index contributed by atoms with van der Waals surface area (Å²) in [6.07, 6.45) is 4.60. The van der Waals surface area contributed by atoms with E-state index in [9.17, 15) is 4.39 Å². The Kier molecular flexibility index (Phi) is 9.90. The number of aryl methyl sites for hydroxylation is 1. The van der Waals surface area contributed by atoms with E-state index in [1.165, 1.54) is 12.1 Å². The number of nitrogens with one attached hydrogen (secondary N) is 2. The molecule has 138 valence electrons. The van der Waals surface area contributed by atoms with Gasteiger partial charge in [-0.05, 0) is 43.7 Å². The van der Waals surface area contributed by atoms with Crippen LogP contribution in [0.3, 0.4) is 0 Å². The number of benzene rings is 1. The van der Waals surface area contributed by atoms with Crippen molar-refractivity contribution in [3.8, 4) is 5.75 Å². The number of halogens is 2. The van der Waals surface area contributed by atoms with Gasteiger partial charge >= 0.3 is 0 Å². The highest BCUT2D eigenvalue weighted by Crippen LogP contribution is 2.12. The molecule has 2 N–H and O–H groups in total. The lowest BCUT2D eigenvalue weighted by atomic mass is 10.3. The lowest BCUT2D eigenvalue weighted by Gasteiger charge is -2.17. The second-order valence-electron chi connectivity index (χ2n) is 5.38. The summed E-state index contributed by atoms with van der Waals surface area (Å²) >= 11 is 0. The van der Waals surface area contributed by atoms with Crippen LogP contribution in [0.25, 0.3) is 0 Å². The largest absolute Gasteiger partial charge is 0.489 e. The summed E-state index contributed by atoms with van der Waals surface area (Å²) in [5, 5.41) is 10.6. The van der Waals surface area contributed by atoms with Crippen LogP contribution >= 0.6 is 24.0 Å². The summed E-state index contributed by atoms with van der Waals surface area (Å²) in [5.41, 5.74) is 0. The van der Waals surface area contributed by atoms with E-state index in [-0.39, 0.29) is 35.9 Å². The van der Waals surface area contributed by atoms with Crippen molar-refractivity contribution in [1.29, 1.82) is 0 Å². The molecule has 0 amide bonds. The predicted molar refractivity (Wildman–Crippen MR) is 108 cm³/mol. The molecule has 1 heterocycles. The van der Waals surface area contributed by atoms with Gasteiger partial charge in [-0.15, -0.1) is 24.0 Å². The summed E-state index contributed by atoms with van der Waals surface area (Å²) < 4.78 is 20.5. The minimum atomic E-state index is -0.271. The van der Waals surface area contributed by atoms with E-state index < -0.39 is 0 Å². The molecule has 2 aromatic rings. The fourth-order valence-corrected chi connectivity index (χ4v) is 2.13. The first-order valence-electron chi connectivity index (χ1n) is 8.01. The fraction of sp³-hybridized carbons (Fsp3) is 0.412. The van der Waals surface area contributed by atoms with Crippen LogP contribution in [0.15, 0.2) is 47.7 Å². The lowest BCUT2D eigenvalue weighted by molar-refractivity contribution is 0.223. The zero-order chi connectivity index (χ0) is 17.2. The maximum atomic E-state index is 12.9.